The summed E-state index contributed by atoms with van der Waals surface area (Å²) in [7, 11) is 0. The Balaban J connectivity index is 0.00000225. The molecule has 140 valence electrons. The standard InChI is InChI=1S/C17H21F3N2O2.ClH/c18-17(19,20)12-4-1-3-11(9-12)15-10-22(7-8-24-15)16(23)13-5-2-6-14(13)21;/h1,3-4,9,13-15H,2,5-8,10,21H2;1H. The number of halogens is 4. The van der Waals surface area contributed by atoms with E-state index in [4.69, 9.17) is 10.5 Å². The van der Waals surface area contributed by atoms with Crippen molar-refractivity contribution in [2.75, 3.05) is 19.7 Å². The Kier molecular flexibility index (Phi) is 6.35. The number of rotatable bonds is 2. The minimum Gasteiger partial charge on any atom is -0.370 e. The highest BCUT2D eigenvalue weighted by molar-refractivity contribution is 5.85. The average Bonchev–Trinajstić information content (AvgIpc) is 3.00. The van der Waals surface area contributed by atoms with Crippen molar-refractivity contribution in [2.24, 2.45) is 11.7 Å². The minimum atomic E-state index is -4.39. The first-order chi connectivity index (χ1) is 11.4. The van der Waals surface area contributed by atoms with Crippen LogP contribution < -0.4 is 5.73 Å². The minimum absolute atomic E-state index is 0. The number of nitrogens with two attached hydrogens (primary N) is 1. The van der Waals surface area contributed by atoms with Gasteiger partial charge >= 0.3 is 6.18 Å². The fraction of sp³-hybridized carbons (Fsp3) is 0.588. The third kappa shape index (κ3) is 4.46. The Morgan fingerprint density at radius 2 is 2.04 bits per heavy atom. The highest BCUT2D eigenvalue weighted by Gasteiger charge is 2.36. The molecule has 0 bridgehead atoms. The van der Waals surface area contributed by atoms with Crippen LogP contribution in [0.4, 0.5) is 13.2 Å². The summed E-state index contributed by atoms with van der Waals surface area (Å²) in [5.74, 6) is -0.175. The lowest BCUT2D eigenvalue weighted by Crippen LogP contribution is -2.47. The Labute approximate surface area is 150 Å². The van der Waals surface area contributed by atoms with Crippen LogP contribution in [0.25, 0.3) is 0 Å². The molecule has 1 amide bonds. The zero-order valence-electron chi connectivity index (χ0n) is 13.7. The highest BCUT2D eigenvalue weighted by atomic mass is 35.5. The SMILES string of the molecule is Cl.NC1CCCC1C(=O)N1CCOC(c2cccc(C(F)(F)F)c2)C1. The molecule has 1 saturated carbocycles. The van der Waals surface area contributed by atoms with E-state index in [1.807, 2.05) is 0 Å². The summed E-state index contributed by atoms with van der Waals surface area (Å²) in [5.41, 5.74) is 5.74. The second-order valence-electron chi connectivity index (χ2n) is 6.47. The number of hydrogen-bond acceptors (Lipinski definition) is 3. The van der Waals surface area contributed by atoms with Crippen LogP contribution in [0, 0.1) is 5.92 Å². The molecular formula is C17H22ClF3N2O2. The van der Waals surface area contributed by atoms with Crippen molar-refractivity contribution in [3.8, 4) is 0 Å². The number of nitrogens with zero attached hydrogens (tertiary/aromatic N) is 1. The molecule has 0 radical (unpaired) electrons. The van der Waals surface area contributed by atoms with Gasteiger partial charge in [-0.15, -0.1) is 12.4 Å². The zero-order valence-corrected chi connectivity index (χ0v) is 14.5. The predicted molar refractivity (Wildman–Crippen MR) is 89.3 cm³/mol. The molecule has 8 heteroatoms. The van der Waals surface area contributed by atoms with Crippen molar-refractivity contribution in [3.63, 3.8) is 0 Å². The molecule has 1 aromatic carbocycles. The van der Waals surface area contributed by atoms with Crippen molar-refractivity contribution < 1.29 is 22.7 Å². The van der Waals surface area contributed by atoms with Gasteiger partial charge in [0.15, 0.2) is 0 Å². The largest absolute Gasteiger partial charge is 0.416 e. The first-order valence-corrected chi connectivity index (χ1v) is 8.19. The summed E-state index contributed by atoms with van der Waals surface area (Å²) in [4.78, 5) is 14.3. The van der Waals surface area contributed by atoms with E-state index >= 15 is 0 Å². The van der Waals surface area contributed by atoms with Crippen molar-refractivity contribution in [3.05, 3.63) is 35.4 Å². The number of amides is 1. The third-order valence-electron chi connectivity index (χ3n) is 4.85. The monoisotopic (exact) mass is 378 g/mol. The van der Waals surface area contributed by atoms with Crippen LogP contribution in [0.1, 0.15) is 36.5 Å². The quantitative estimate of drug-likeness (QED) is 0.860. The van der Waals surface area contributed by atoms with E-state index in [1.165, 1.54) is 6.07 Å². The lowest BCUT2D eigenvalue weighted by molar-refractivity contribution is -0.144. The molecule has 0 spiro atoms. The fourth-order valence-electron chi connectivity index (χ4n) is 3.50. The molecule has 1 heterocycles. The molecule has 1 aliphatic carbocycles. The number of hydrogen-bond donors (Lipinski definition) is 1. The average molecular weight is 379 g/mol. The van der Waals surface area contributed by atoms with Crippen LogP contribution in [0.2, 0.25) is 0 Å². The molecule has 3 rings (SSSR count). The van der Waals surface area contributed by atoms with Gasteiger partial charge in [-0.05, 0) is 30.5 Å². The summed E-state index contributed by atoms with van der Waals surface area (Å²) in [5, 5.41) is 0. The summed E-state index contributed by atoms with van der Waals surface area (Å²) in [6.45, 7) is 1.04. The van der Waals surface area contributed by atoms with E-state index in [0.29, 0.717) is 18.7 Å². The molecule has 3 atom stereocenters. The van der Waals surface area contributed by atoms with Gasteiger partial charge in [-0.1, -0.05) is 18.6 Å². The van der Waals surface area contributed by atoms with Gasteiger partial charge in [0.1, 0.15) is 6.10 Å². The summed E-state index contributed by atoms with van der Waals surface area (Å²) in [6.07, 6.45) is -2.36. The Hall–Kier alpha value is -1.31. The molecule has 2 N–H and O–H groups in total. The van der Waals surface area contributed by atoms with Crippen molar-refractivity contribution >= 4 is 18.3 Å². The molecule has 1 aliphatic heterocycles. The molecule has 25 heavy (non-hydrogen) atoms. The molecule has 2 fully saturated rings. The number of ether oxygens (including phenoxy) is 1. The van der Waals surface area contributed by atoms with Crippen molar-refractivity contribution in [2.45, 2.75) is 37.6 Å². The van der Waals surface area contributed by atoms with Gasteiger partial charge < -0.3 is 15.4 Å². The first-order valence-electron chi connectivity index (χ1n) is 8.19. The summed E-state index contributed by atoms with van der Waals surface area (Å²) < 4.78 is 44.2. The van der Waals surface area contributed by atoms with Gasteiger partial charge in [0, 0.05) is 12.6 Å². The van der Waals surface area contributed by atoms with E-state index in [9.17, 15) is 18.0 Å². The topological polar surface area (TPSA) is 55.6 Å². The van der Waals surface area contributed by atoms with Gasteiger partial charge in [0.05, 0.1) is 24.6 Å². The fourth-order valence-corrected chi connectivity index (χ4v) is 3.50. The van der Waals surface area contributed by atoms with Gasteiger partial charge in [0.25, 0.3) is 0 Å². The van der Waals surface area contributed by atoms with Crippen LogP contribution in [-0.4, -0.2) is 36.5 Å². The Morgan fingerprint density at radius 3 is 2.68 bits per heavy atom. The van der Waals surface area contributed by atoms with Crippen LogP contribution >= 0.6 is 12.4 Å². The molecule has 1 aromatic rings. The van der Waals surface area contributed by atoms with Crippen molar-refractivity contribution in [1.29, 1.82) is 0 Å². The highest BCUT2D eigenvalue weighted by Crippen LogP contribution is 2.33. The smallest absolute Gasteiger partial charge is 0.370 e. The molecule has 3 unspecified atom stereocenters. The number of carbonyl (C=O) groups excluding carboxylic acids is 1. The van der Waals surface area contributed by atoms with E-state index in [2.05, 4.69) is 0 Å². The third-order valence-corrected chi connectivity index (χ3v) is 4.85. The Morgan fingerprint density at radius 1 is 1.28 bits per heavy atom. The van der Waals surface area contributed by atoms with Gasteiger partial charge in [-0.3, -0.25) is 4.79 Å². The predicted octanol–water partition coefficient (Wildman–Crippen LogP) is 3.15. The maximum absolute atomic E-state index is 12.9. The maximum atomic E-state index is 12.9. The van der Waals surface area contributed by atoms with Crippen LogP contribution in [0.15, 0.2) is 24.3 Å². The van der Waals surface area contributed by atoms with E-state index < -0.39 is 17.8 Å². The first kappa shape index (κ1) is 20.0. The summed E-state index contributed by atoms with van der Waals surface area (Å²) >= 11 is 0. The summed E-state index contributed by atoms with van der Waals surface area (Å²) in [6, 6.07) is 4.99. The molecular weight excluding hydrogens is 357 g/mol. The molecule has 1 saturated heterocycles. The number of carbonyl (C=O) groups is 1. The van der Waals surface area contributed by atoms with Crippen LogP contribution in [-0.2, 0) is 15.7 Å². The van der Waals surface area contributed by atoms with Gasteiger partial charge in [-0.2, -0.15) is 13.2 Å². The van der Waals surface area contributed by atoms with Gasteiger partial charge in [0.2, 0.25) is 5.91 Å². The van der Waals surface area contributed by atoms with Gasteiger partial charge in [-0.25, -0.2) is 0 Å². The number of benzene rings is 1. The normalized spacial score (nSPS) is 27.0. The van der Waals surface area contributed by atoms with Crippen LogP contribution in [0.3, 0.4) is 0 Å². The van der Waals surface area contributed by atoms with E-state index in [-0.39, 0.29) is 36.8 Å². The maximum Gasteiger partial charge on any atom is 0.416 e. The number of alkyl halides is 3. The van der Waals surface area contributed by atoms with E-state index in [1.54, 1.807) is 11.0 Å². The molecule has 4 nitrogen and oxygen atoms in total. The zero-order chi connectivity index (χ0) is 17.3. The lowest BCUT2D eigenvalue weighted by Gasteiger charge is -2.35. The molecule has 2 aliphatic rings. The van der Waals surface area contributed by atoms with Crippen molar-refractivity contribution in [1.82, 2.24) is 4.90 Å². The second kappa shape index (κ2) is 7.93. The van der Waals surface area contributed by atoms with E-state index in [0.717, 1.165) is 31.4 Å². The number of morpholine rings is 1. The lowest BCUT2D eigenvalue weighted by atomic mass is 10.0. The second-order valence-corrected chi connectivity index (χ2v) is 6.47. The Bertz CT molecular complexity index is 612. The molecule has 0 aromatic heterocycles. The van der Waals surface area contributed by atoms with Crippen LogP contribution in [0.5, 0.6) is 0 Å².